The van der Waals surface area contributed by atoms with E-state index >= 15 is 0 Å². The zero-order valence-electron chi connectivity index (χ0n) is 16.5. The van der Waals surface area contributed by atoms with Crippen LogP contribution in [0, 0.1) is 11.3 Å². The highest BCUT2D eigenvalue weighted by Gasteiger charge is 2.31. The first-order valence-corrected chi connectivity index (χ1v) is 10.4. The van der Waals surface area contributed by atoms with Gasteiger partial charge in [-0.05, 0) is 67.3 Å². The van der Waals surface area contributed by atoms with Crippen molar-refractivity contribution in [2.75, 3.05) is 0 Å². The molecule has 1 aliphatic carbocycles. The van der Waals surface area contributed by atoms with Crippen LogP contribution in [0.4, 0.5) is 0 Å². The maximum absolute atomic E-state index is 12.4. The monoisotopic (exact) mass is 424 g/mol. The summed E-state index contributed by atoms with van der Waals surface area (Å²) in [7, 11) is 0. The summed E-state index contributed by atoms with van der Waals surface area (Å²) in [4.78, 5) is 12.4. The van der Waals surface area contributed by atoms with E-state index in [9.17, 15) is 4.79 Å². The first-order chi connectivity index (χ1) is 13.2. The summed E-state index contributed by atoms with van der Waals surface area (Å²) in [6.45, 7) is 6.97. The quantitative estimate of drug-likeness (QED) is 0.488. The number of rotatable bonds is 5. The molecule has 3 rings (SSSR count). The lowest BCUT2D eigenvalue weighted by Gasteiger charge is -2.36. The lowest BCUT2D eigenvalue weighted by Crippen LogP contribution is -2.30. The van der Waals surface area contributed by atoms with Gasteiger partial charge >= 0.3 is 5.97 Å². The van der Waals surface area contributed by atoms with Gasteiger partial charge in [0.05, 0.1) is 5.02 Å². The van der Waals surface area contributed by atoms with Gasteiger partial charge in [-0.3, -0.25) is 0 Å². The van der Waals surface area contributed by atoms with Gasteiger partial charge in [0.15, 0.2) is 0 Å². The Morgan fingerprint density at radius 3 is 2.46 bits per heavy atom. The molecule has 1 fully saturated rings. The molecule has 0 atom stereocenters. The number of hydrogen-bond donors (Lipinski definition) is 0. The van der Waals surface area contributed by atoms with E-state index < -0.39 is 5.97 Å². The van der Waals surface area contributed by atoms with E-state index in [0.717, 1.165) is 25.7 Å². The molecule has 1 saturated carbocycles. The Hall–Kier alpha value is -1.65. The summed E-state index contributed by atoms with van der Waals surface area (Å²) in [5, 5.41) is 0.960. The smallest absolute Gasteiger partial charge is 0.374 e. The molecule has 0 amide bonds. The zero-order chi connectivity index (χ0) is 20.3. The van der Waals surface area contributed by atoms with Gasteiger partial charge in [0, 0.05) is 5.02 Å². The van der Waals surface area contributed by atoms with Gasteiger partial charge in [-0.15, -0.1) is 0 Å². The van der Waals surface area contributed by atoms with Crippen molar-refractivity contribution in [1.82, 2.24) is 0 Å². The second-order valence-corrected chi connectivity index (χ2v) is 9.22. The van der Waals surface area contributed by atoms with Crippen molar-refractivity contribution in [3.8, 4) is 5.75 Å². The van der Waals surface area contributed by atoms with E-state index in [4.69, 9.17) is 37.1 Å². The molecule has 0 N–H and O–H groups in total. The lowest BCUT2D eigenvalue weighted by molar-refractivity contribution is 0.00607. The Bertz CT molecular complexity index is 814. The topological polar surface area (TPSA) is 48.7 Å². The largest absolute Gasteiger partial charge is 0.484 e. The molecule has 0 aliphatic heterocycles. The second-order valence-electron chi connectivity index (χ2n) is 8.37. The Morgan fingerprint density at radius 2 is 1.82 bits per heavy atom. The molecule has 28 heavy (non-hydrogen) atoms. The van der Waals surface area contributed by atoms with E-state index in [1.807, 2.05) is 0 Å². The molecule has 0 unspecified atom stereocenters. The Balaban J connectivity index is 1.50. The normalized spacial score (nSPS) is 20.0. The van der Waals surface area contributed by atoms with E-state index in [-0.39, 0.29) is 18.5 Å². The van der Waals surface area contributed by atoms with Crippen LogP contribution >= 0.6 is 23.2 Å². The molecule has 1 aromatic heterocycles. The number of carbonyl (C=O) groups excluding carboxylic acids is 1. The Morgan fingerprint density at radius 1 is 1.11 bits per heavy atom. The van der Waals surface area contributed by atoms with Crippen LogP contribution in [0.15, 0.2) is 34.7 Å². The minimum absolute atomic E-state index is 0.0382. The van der Waals surface area contributed by atoms with Gasteiger partial charge in [0.25, 0.3) is 0 Å². The summed E-state index contributed by atoms with van der Waals surface area (Å²) in [6.07, 6.45) is 3.93. The van der Waals surface area contributed by atoms with E-state index in [1.54, 1.807) is 30.3 Å². The summed E-state index contributed by atoms with van der Waals surface area (Å²) in [5.74, 6) is 1.47. The summed E-state index contributed by atoms with van der Waals surface area (Å²) < 4.78 is 16.8. The molecular formula is C22H26Cl2O4. The molecule has 0 radical (unpaired) electrons. The van der Waals surface area contributed by atoms with Crippen LogP contribution in [0.1, 0.15) is 62.8 Å². The van der Waals surface area contributed by atoms with E-state index in [1.165, 1.54) is 0 Å². The Kier molecular flexibility index (Phi) is 6.61. The molecule has 0 bridgehead atoms. The van der Waals surface area contributed by atoms with Crippen LogP contribution in [-0.2, 0) is 11.3 Å². The van der Waals surface area contributed by atoms with Gasteiger partial charge in [-0.1, -0.05) is 44.0 Å². The fourth-order valence-corrected chi connectivity index (χ4v) is 4.03. The third kappa shape index (κ3) is 5.45. The third-order valence-electron chi connectivity index (χ3n) is 5.30. The van der Waals surface area contributed by atoms with Gasteiger partial charge < -0.3 is 13.9 Å². The van der Waals surface area contributed by atoms with Gasteiger partial charge in [-0.2, -0.15) is 0 Å². The van der Waals surface area contributed by atoms with Crippen molar-refractivity contribution in [3.05, 3.63) is 51.9 Å². The highest BCUT2D eigenvalue weighted by Crippen LogP contribution is 2.38. The van der Waals surface area contributed by atoms with Crippen molar-refractivity contribution in [2.24, 2.45) is 11.3 Å². The second kappa shape index (κ2) is 8.79. The fraction of sp³-hybridized carbons (Fsp3) is 0.500. The SMILES string of the molecule is CC(C)(C)C1CCC(OC(=O)c2ccc(COc3ccc(Cl)cc3Cl)o2)CC1. The third-order valence-corrected chi connectivity index (χ3v) is 5.83. The van der Waals surface area contributed by atoms with E-state index in [0.29, 0.717) is 32.9 Å². The minimum Gasteiger partial charge on any atom is -0.484 e. The number of ether oxygens (including phenoxy) is 2. The lowest BCUT2D eigenvalue weighted by atomic mass is 9.72. The van der Waals surface area contributed by atoms with Crippen molar-refractivity contribution in [1.29, 1.82) is 0 Å². The number of furan rings is 1. The molecule has 2 aromatic rings. The molecule has 1 heterocycles. The van der Waals surface area contributed by atoms with Crippen LogP contribution in [0.3, 0.4) is 0 Å². The summed E-state index contributed by atoms with van der Waals surface area (Å²) in [6, 6.07) is 8.32. The van der Waals surface area contributed by atoms with Crippen molar-refractivity contribution < 1.29 is 18.7 Å². The van der Waals surface area contributed by atoms with Crippen LogP contribution in [0.2, 0.25) is 10.0 Å². The predicted molar refractivity (Wildman–Crippen MR) is 110 cm³/mol. The average molecular weight is 425 g/mol. The van der Waals surface area contributed by atoms with Crippen molar-refractivity contribution in [2.45, 2.75) is 59.2 Å². The van der Waals surface area contributed by atoms with Crippen molar-refractivity contribution in [3.63, 3.8) is 0 Å². The molecule has 1 aromatic carbocycles. The standard InChI is InChI=1S/C22H26Cl2O4/c1-22(2,3)14-4-7-16(8-5-14)28-21(25)20-11-9-17(27-20)13-26-19-10-6-15(23)12-18(19)24/h6,9-12,14,16H,4-5,7-8,13H2,1-3H3. The van der Waals surface area contributed by atoms with Crippen LogP contribution in [0.25, 0.3) is 0 Å². The first kappa shape index (κ1) is 21.1. The number of carbonyl (C=O) groups is 1. The van der Waals surface area contributed by atoms with E-state index in [2.05, 4.69) is 20.8 Å². The minimum atomic E-state index is -0.421. The maximum Gasteiger partial charge on any atom is 0.374 e. The van der Waals surface area contributed by atoms with Crippen molar-refractivity contribution >= 4 is 29.2 Å². The van der Waals surface area contributed by atoms with Crippen LogP contribution in [-0.4, -0.2) is 12.1 Å². The number of esters is 1. The summed E-state index contributed by atoms with van der Waals surface area (Å²) in [5.41, 5.74) is 0.303. The molecule has 0 saturated heterocycles. The molecule has 152 valence electrons. The molecule has 1 aliphatic rings. The Labute approximate surface area is 176 Å². The number of hydrogen-bond acceptors (Lipinski definition) is 4. The predicted octanol–water partition coefficient (Wildman–Crippen LogP) is 6.93. The van der Waals surface area contributed by atoms with Gasteiger partial charge in [-0.25, -0.2) is 4.79 Å². The zero-order valence-corrected chi connectivity index (χ0v) is 18.0. The van der Waals surface area contributed by atoms with Crippen LogP contribution in [0.5, 0.6) is 5.75 Å². The molecule has 0 spiro atoms. The number of benzene rings is 1. The molecule has 6 heteroatoms. The first-order valence-electron chi connectivity index (χ1n) is 9.60. The average Bonchev–Trinajstić information content (AvgIpc) is 3.10. The highest BCUT2D eigenvalue weighted by atomic mass is 35.5. The fourth-order valence-electron chi connectivity index (χ4n) is 3.56. The van der Waals surface area contributed by atoms with Gasteiger partial charge in [0.2, 0.25) is 5.76 Å². The van der Waals surface area contributed by atoms with Crippen LogP contribution < -0.4 is 4.74 Å². The number of halogens is 2. The molecule has 4 nitrogen and oxygen atoms in total. The highest BCUT2D eigenvalue weighted by molar-refractivity contribution is 6.35. The maximum atomic E-state index is 12.4. The van der Waals surface area contributed by atoms with Gasteiger partial charge in [0.1, 0.15) is 24.2 Å². The summed E-state index contributed by atoms with van der Waals surface area (Å²) >= 11 is 12.0. The molecular weight excluding hydrogens is 399 g/mol.